The number of aryl methyl sites for hydroxylation is 1. The van der Waals surface area contributed by atoms with Gasteiger partial charge in [-0.05, 0) is 77.9 Å². The number of imide groups is 1. The van der Waals surface area contributed by atoms with Crippen molar-refractivity contribution in [2.75, 3.05) is 11.9 Å². The van der Waals surface area contributed by atoms with Crippen LogP contribution in [0.1, 0.15) is 16.7 Å². The third-order valence-electron chi connectivity index (χ3n) is 5.07. The van der Waals surface area contributed by atoms with E-state index in [1.165, 1.54) is 12.1 Å². The van der Waals surface area contributed by atoms with Gasteiger partial charge in [-0.15, -0.1) is 0 Å². The van der Waals surface area contributed by atoms with Gasteiger partial charge in [-0.2, -0.15) is 0 Å². The maximum atomic E-state index is 13.3. The van der Waals surface area contributed by atoms with Crippen LogP contribution in [0.2, 0.25) is 5.02 Å². The minimum atomic E-state index is -0.493. The van der Waals surface area contributed by atoms with E-state index in [1.54, 1.807) is 36.4 Å². The number of carbonyl (C=O) groups excluding carboxylic acids is 3. The standard InChI is InChI=1S/C26H20ClFN2O4S/c1-16-3-2-4-20(11-16)29-24(31)15-34-21-9-5-17(6-10-21)12-23-25(32)30(26(33)35-23)14-18-7-8-19(28)13-22(18)27/h2-13H,14-15H2,1H3,(H,29,31)/b23-12-. The summed E-state index contributed by atoms with van der Waals surface area (Å²) in [6.07, 6.45) is 1.60. The molecule has 1 aliphatic rings. The van der Waals surface area contributed by atoms with Crippen molar-refractivity contribution in [1.82, 2.24) is 4.90 Å². The minimum Gasteiger partial charge on any atom is -0.484 e. The Morgan fingerprint density at radius 2 is 1.89 bits per heavy atom. The lowest BCUT2D eigenvalue weighted by Gasteiger charge is -2.13. The number of thioether (sulfide) groups is 1. The highest BCUT2D eigenvalue weighted by molar-refractivity contribution is 8.18. The number of hydrogen-bond donors (Lipinski definition) is 1. The highest BCUT2D eigenvalue weighted by atomic mass is 35.5. The predicted molar refractivity (Wildman–Crippen MR) is 135 cm³/mol. The van der Waals surface area contributed by atoms with E-state index in [4.69, 9.17) is 16.3 Å². The van der Waals surface area contributed by atoms with E-state index in [2.05, 4.69) is 5.32 Å². The largest absolute Gasteiger partial charge is 0.484 e. The number of nitrogens with zero attached hydrogens (tertiary/aromatic N) is 1. The molecule has 0 aromatic heterocycles. The molecule has 0 spiro atoms. The molecule has 1 heterocycles. The summed E-state index contributed by atoms with van der Waals surface area (Å²) in [5, 5.41) is 2.49. The van der Waals surface area contributed by atoms with Crippen LogP contribution in [0.3, 0.4) is 0 Å². The summed E-state index contributed by atoms with van der Waals surface area (Å²) in [6, 6.07) is 18.1. The number of rotatable bonds is 7. The summed E-state index contributed by atoms with van der Waals surface area (Å²) in [7, 11) is 0. The molecule has 0 atom stereocenters. The van der Waals surface area contributed by atoms with E-state index in [-0.39, 0.29) is 29.0 Å². The molecule has 3 aromatic rings. The Morgan fingerprint density at radius 1 is 1.11 bits per heavy atom. The normalized spacial score (nSPS) is 14.5. The van der Waals surface area contributed by atoms with E-state index < -0.39 is 17.0 Å². The highest BCUT2D eigenvalue weighted by Gasteiger charge is 2.35. The van der Waals surface area contributed by atoms with Gasteiger partial charge >= 0.3 is 0 Å². The van der Waals surface area contributed by atoms with E-state index in [9.17, 15) is 18.8 Å². The van der Waals surface area contributed by atoms with Crippen molar-refractivity contribution in [2.45, 2.75) is 13.5 Å². The van der Waals surface area contributed by atoms with Gasteiger partial charge in [0, 0.05) is 10.7 Å². The molecule has 0 radical (unpaired) electrons. The van der Waals surface area contributed by atoms with Crippen molar-refractivity contribution < 1.29 is 23.5 Å². The fourth-order valence-electron chi connectivity index (χ4n) is 3.34. The second-order valence-corrected chi connectivity index (χ2v) is 9.18. The molecule has 1 saturated heterocycles. The van der Waals surface area contributed by atoms with Gasteiger partial charge in [-0.25, -0.2) is 4.39 Å². The molecule has 6 nitrogen and oxygen atoms in total. The van der Waals surface area contributed by atoms with Crippen LogP contribution in [0, 0.1) is 12.7 Å². The van der Waals surface area contributed by atoms with Gasteiger partial charge in [0.2, 0.25) is 0 Å². The van der Waals surface area contributed by atoms with Crippen molar-refractivity contribution in [3.8, 4) is 5.75 Å². The lowest BCUT2D eigenvalue weighted by molar-refractivity contribution is -0.123. The molecule has 1 N–H and O–H groups in total. The molecule has 0 saturated carbocycles. The van der Waals surface area contributed by atoms with Crippen molar-refractivity contribution in [3.63, 3.8) is 0 Å². The molecule has 0 bridgehead atoms. The minimum absolute atomic E-state index is 0.0431. The van der Waals surface area contributed by atoms with Crippen LogP contribution in [0.15, 0.2) is 71.6 Å². The lowest BCUT2D eigenvalue weighted by Crippen LogP contribution is -2.27. The first-order valence-corrected chi connectivity index (χ1v) is 11.8. The zero-order valence-corrected chi connectivity index (χ0v) is 20.2. The lowest BCUT2D eigenvalue weighted by atomic mass is 10.2. The number of amides is 3. The summed E-state index contributed by atoms with van der Waals surface area (Å²) < 4.78 is 18.8. The SMILES string of the molecule is Cc1cccc(NC(=O)COc2ccc(/C=C3\SC(=O)N(Cc4ccc(F)cc4Cl)C3=O)cc2)c1. The average Bonchev–Trinajstić information content (AvgIpc) is 3.07. The Bertz CT molecular complexity index is 1330. The van der Waals surface area contributed by atoms with Gasteiger partial charge in [-0.3, -0.25) is 19.3 Å². The first-order valence-electron chi connectivity index (χ1n) is 10.6. The first kappa shape index (κ1) is 24.5. The monoisotopic (exact) mass is 510 g/mol. The highest BCUT2D eigenvalue weighted by Crippen LogP contribution is 2.34. The maximum Gasteiger partial charge on any atom is 0.293 e. The number of nitrogens with one attached hydrogen (secondary N) is 1. The number of anilines is 1. The Morgan fingerprint density at radius 3 is 2.60 bits per heavy atom. The number of ether oxygens (including phenoxy) is 1. The quantitative estimate of drug-likeness (QED) is 0.392. The Balaban J connectivity index is 1.35. The average molecular weight is 511 g/mol. The third-order valence-corrected chi connectivity index (χ3v) is 6.33. The summed E-state index contributed by atoms with van der Waals surface area (Å²) in [6.45, 7) is 1.74. The van der Waals surface area contributed by atoms with Crippen LogP contribution in [-0.4, -0.2) is 28.6 Å². The fraction of sp³-hybridized carbons (Fsp3) is 0.115. The van der Waals surface area contributed by atoms with Crippen LogP contribution in [0.4, 0.5) is 14.9 Å². The maximum absolute atomic E-state index is 13.3. The molecule has 1 fully saturated rings. The smallest absolute Gasteiger partial charge is 0.293 e. The van der Waals surface area contributed by atoms with Gasteiger partial charge in [-0.1, -0.05) is 41.9 Å². The Kier molecular flexibility index (Phi) is 7.53. The molecule has 1 aliphatic heterocycles. The van der Waals surface area contributed by atoms with Gasteiger partial charge in [0.1, 0.15) is 11.6 Å². The second-order valence-electron chi connectivity index (χ2n) is 7.78. The second kappa shape index (κ2) is 10.8. The summed E-state index contributed by atoms with van der Waals surface area (Å²) >= 11 is 6.85. The fourth-order valence-corrected chi connectivity index (χ4v) is 4.40. The van der Waals surface area contributed by atoms with E-state index in [1.807, 2.05) is 25.1 Å². The number of halogens is 2. The molecule has 3 aromatic carbocycles. The summed E-state index contributed by atoms with van der Waals surface area (Å²) in [5.41, 5.74) is 2.90. The zero-order chi connectivity index (χ0) is 24.9. The third kappa shape index (κ3) is 6.29. The molecule has 4 rings (SSSR count). The van der Waals surface area contributed by atoms with Crippen molar-refractivity contribution in [2.24, 2.45) is 0 Å². The molecule has 0 unspecified atom stereocenters. The van der Waals surface area contributed by atoms with Crippen LogP contribution < -0.4 is 10.1 Å². The van der Waals surface area contributed by atoms with Gasteiger partial charge < -0.3 is 10.1 Å². The van der Waals surface area contributed by atoms with Gasteiger partial charge in [0.05, 0.1) is 11.4 Å². The van der Waals surface area contributed by atoms with Crippen LogP contribution >= 0.6 is 23.4 Å². The first-order chi connectivity index (χ1) is 16.8. The van der Waals surface area contributed by atoms with Gasteiger partial charge in [0.15, 0.2) is 6.61 Å². The summed E-state index contributed by atoms with van der Waals surface area (Å²) in [4.78, 5) is 38.6. The van der Waals surface area contributed by atoms with E-state index in [0.29, 0.717) is 22.6 Å². The Hall–Kier alpha value is -3.62. The number of hydrogen-bond acceptors (Lipinski definition) is 5. The van der Waals surface area contributed by atoms with E-state index in [0.717, 1.165) is 28.3 Å². The molecule has 35 heavy (non-hydrogen) atoms. The molecule has 3 amide bonds. The number of carbonyl (C=O) groups is 3. The Labute approximate surface area is 210 Å². The molecular weight excluding hydrogens is 491 g/mol. The van der Waals surface area contributed by atoms with Crippen molar-refractivity contribution in [3.05, 3.63) is 99.2 Å². The molecule has 0 aliphatic carbocycles. The zero-order valence-electron chi connectivity index (χ0n) is 18.6. The molecule has 178 valence electrons. The van der Waals surface area contributed by atoms with Crippen molar-refractivity contribution >= 4 is 52.2 Å². The predicted octanol–water partition coefficient (Wildman–Crippen LogP) is 6.04. The van der Waals surface area contributed by atoms with Gasteiger partial charge in [0.25, 0.3) is 17.1 Å². The summed E-state index contributed by atoms with van der Waals surface area (Å²) in [5.74, 6) is -0.740. The van der Waals surface area contributed by atoms with Crippen LogP contribution in [-0.2, 0) is 16.1 Å². The molecule has 9 heteroatoms. The van der Waals surface area contributed by atoms with E-state index >= 15 is 0 Å². The number of benzene rings is 3. The van der Waals surface area contributed by atoms with Crippen LogP contribution in [0.5, 0.6) is 5.75 Å². The van der Waals surface area contributed by atoms with Crippen LogP contribution in [0.25, 0.3) is 6.08 Å². The molecular formula is C26H20ClFN2O4S. The topological polar surface area (TPSA) is 75.7 Å². The van der Waals surface area contributed by atoms with Crippen molar-refractivity contribution in [1.29, 1.82) is 0 Å².